The SMILES string of the molecule is C=CCn1c(SCc2cccc(Cl)c2)nnc1[C@@H]1COc2ccccc2O1. The van der Waals surface area contributed by atoms with Crippen LogP contribution in [0.25, 0.3) is 0 Å². The summed E-state index contributed by atoms with van der Waals surface area (Å²) in [6, 6.07) is 15.5. The molecule has 4 rings (SSSR count). The van der Waals surface area contributed by atoms with Gasteiger partial charge in [-0.3, -0.25) is 4.57 Å². The number of ether oxygens (including phenoxy) is 2. The molecular weight excluding hydrogens is 382 g/mol. The minimum Gasteiger partial charge on any atom is -0.485 e. The third-order valence-electron chi connectivity index (χ3n) is 4.11. The topological polar surface area (TPSA) is 49.2 Å². The van der Waals surface area contributed by atoms with Gasteiger partial charge in [-0.2, -0.15) is 0 Å². The van der Waals surface area contributed by atoms with E-state index in [1.54, 1.807) is 11.8 Å². The average molecular weight is 400 g/mol. The Morgan fingerprint density at radius 3 is 2.85 bits per heavy atom. The van der Waals surface area contributed by atoms with Crippen LogP contribution in [0.1, 0.15) is 17.5 Å². The number of thioether (sulfide) groups is 1. The molecule has 0 radical (unpaired) electrons. The van der Waals surface area contributed by atoms with Gasteiger partial charge in [-0.05, 0) is 29.8 Å². The molecule has 2 aromatic carbocycles. The Morgan fingerprint density at radius 2 is 2.04 bits per heavy atom. The Labute approximate surface area is 167 Å². The van der Waals surface area contributed by atoms with Crippen LogP contribution < -0.4 is 9.47 Å². The summed E-state index contributed by atoms with van der Waals surface area (Å²) in [4.78, 5) is 0. The molecule has 1 aliphatic heterocycles. The molecule has 2 heterocycles. The lowest BCUT2D eigenvalue weighted by Crippen LogP contribution is -2.25. The Balaban J connectivity index is 1.55. The first-order valence-electron chi connectivity index (χ1n) is 8.54. The van der Waals surface area contributed by atoms with E-state index in [1.807, 2.05) is 59.2 Å². The van der Waals surface area contributed by atoms with Crippen molar-refractivity contribution in [3.63, 3.8) is 0 Å². The van der Waals surface area contributed by atoms with Crippen LogP contribution in [-0.4, -0.2) is 21.4 Å². The Morgan fingerprint density at radius 1 is 1.19 bits per heavy atom. The number of hydrogen-bond donors (Lipinski definition) is 0. The predicted octanol–water partition coefficient (Wildman–Crippen LogP) is 4.92. The van der Waals surface area contributed by atoms with Crippen molar-refractivity contribution in [1.82, 2.24) is 14.8 Å². The highest BCUT2D eigenvalue weighted by Crippen LogP contribution is 2.36. The number of hydrogen-bond acceptors (Lipinski definition) is 5. The Kier molecular flexibility index (Phi) is 5.36. The van der Waals surface area contributed by atoms with E-state index in [0.29, 0.717) is 13.2 Å². The number of rotatable bonds is 6. The molecule has 0 aliphatic carbocycles. The molecule has 0 fully saturated rings. The molecule has 5 nitrogen and oxygen atoms in total. The summed E-state index contributed by atoms with van der Waals surface area (Å²) in [6.45, 7) is 4.85. The molecule has 1 aliphatic rings. The molecule has 0 spiro atoms. The number of benzene rings is 2. The van der Waals surface area contributed by atoms with Crippen molar-refractivity contribution in [2.75, 3.05) is 6.61 Å². The summed E-state index contributed by atoms with van der Waals surface area (Å²) in [5, 5.41) is 10.3. The minimum absolute atomic E-state index is 0.312. The molecule has 27 heavy (non-hydrogen) atoms. The van der Waals surface area contributed by atoms with E-state index in [-0.39, 0.29) is 6.10 Å². The molecular formula is C20H18ClN3O2S. The van der Waals surface area contributed by atoms with Gasteiger partial charge in [-0.15, -0.1) is 16.8 Å². The van der Waals surface area contributed by atoms with Gasteiger partial charge >= 0.3 is 0 Å². The Hall–Kier alpha value is -2.44. The quantitative estimate of drug-likeness (QED) is 0.435. The van der Waals surface area contributed by atoms with E-state index in [4.69, 9.17) is 21.1 Å². The molecule has 0 N–H and O–H groups in total. The maximum absolute atomic E-state index is 6.09. The summed E-state index contributed by atoms with van der Waals surface area (Å²) >= 11 is 7.67. The zero-order valence-corrected chi connectivity index (χ0v) is 16.1. The van der Waals surface area contributed by atoms with Crippen LogP contribution in [0.5, 0.6) is 11.5 Å². The predicted molar refractivity (Wildman–Crippen MR) is 107 cm³/mol. The number of nitrogens with zero attached hydrogens (tertiary/aromatic N) is 3. The van der Waals surface area contributed by atoms with Gasteiger partial charge in [0.05, 0.1) is 0 Å². The summed E-state index contributed by atoms with van der Waals surface area (Å²) < 4.78 is 13.9. The number of allylic oxidation sites excluding steroid dienone is 1. The smallest absolute Gasteiger partial charge is 0.192 e. The van der Waals surface area contributed by atoms with E-state index in [2.05, 4.69) is 16.8 Å². The van der Waals surface area contributed by atoms with Crippen LogP contribution in [0.4, 0.5) is 0 Å². The molecule has 0 amide bonds. The van der Waals surface area contributed by atoms with Crippen LogP contribution in [0.2, 0.25) is 5.02 Å². The van der Waals surface area contributed by atoms with Crippen LogP contribution in [-0.2, 0) is 12.3 Å². The van der Waals surface area contributed by atoms with Gasteiger partial charge < -0.3 is 9.47 Å². The highest BCUT2D eigenvalue weighted by Gasteiger charge is 2.28. The second kappa shape index (κ2) is 8.06. The molecule has 138 valence electrons. The third-order valence-corrected chi connectivity index (χ3v) is 5.38. The van der Waals surface area contributed by atoms with Crippen molar-refractivity contribution in [2.45, 2.75) is 23.6 Å². The van der Waals surface area contributed by atoms with Gasteiger partial charge in [-0.1, -0.05) is 53.7 Å². The van der Waals surface area contributed by atoms with Gasteiger partial charge in [-0.25, -0.2) is 0 Å². The fraction of sp³-hybridized carbons (Fsp3) is 0.200. The molecule has 0 bridgehead atoms. The second-order valence-electron chi connectivity index (χ2n) is 6.02. The van der Waals surface area contributed by atoms with Gasteiger partial charge in [0.15, 0.2) is 28.6 Å². The molecule has 0 saturated heterocycles. The summed E-state index contributed by atoms with van der Waals surface area (Å²) in [7, 11) is 0. The molecule has 0 unspecified atom stereocenters. The highest BCUT2D eigenvalue weighted by atomic mass is 35.5. The standard InChI is InChI=1S/C20H18ClN3O2S/c1-2-10-24-19(18-12-25-16-8-3-4-9-17(16)26-18)22-23-20(24)27-13-14-6-5-7-15(21)11-14/h2-9,11,18H,1,10,12-13H2/t18-/m0/s1. The van der Waals surface area contributed by atoms with E-state index in [1.165, 1.54) is 0 Å². The van der Waals surface area contributed by atoms with Gasteiger partial charge in [0, 0.05) is 17.3 Å². The first-order chi connectivity index (χ1) is 13.2. The third kappa shape index (κ3) is 3.96. The largest absolute Gasteiger partial charge is 0.485 e. The van der Waals surface area contributed by atoms with Crippen molar-refractivity contribution in [3.8, 4) is 11.5 Å². The van der Waals surface area contributed by atoms with Crippen LogP contribution in [0.3, 0.4) is 0 Å². The number of para-hydroxylation sites is 2. The fourth-order valence-electron chi connectivity index (χ4n) is 2.87. The van der Waals surface area contributed by atoms with Crippen LogP contribution >= 0.6 is 23.4 Å². The van der Waals surface area contributed by atoms with Crippen molar-refractivity contribution in [3.05, 3.63) is 77.6 Å². The maximum atomic E-state index is 6.09. The number of halogens is 1. The molecule has 1 aromatic heterocycles. The summed E-state index contributed by atoms with van der Waals surface area (Å²) in [5.74, 6) is 2.95. The lowest BCUT2D eigenvalue weighted by Gasteiger charge is -2.26. The van der Waals surface area contributed by atoms with E-state index in [0.717, 1.165) is 38.8 Å². The number of aromatic nitrogens is 3. The summed E-state index contributed by atoms with van der Waals surface area (Å²) in [6.07, 6.45) is 1.52. The Bertz CT molecular complexity index is 960. The van der Waals surface area contributed by atoms with Crippen molar-refractivity contribution in [1.29, 1.82) is 0 Å². The monoisotopic (exact) mass is 399 g/mol. The second-order valence-corrected chi connectivity index (χ2v) is 7.40. The minimum atomic E-state index is -0.312. The van der Waals surface area contributed by atoms with Gasteiger partial charge in [0.1, 0.15) is 6.61 Å². The maximum Gasteiger partial charge on any atom is 0.192 e. The van der Waals surface area contributed by atoms with Crippen molar-refractivity contribution >= 4 is 23.4 Å². The normalized spacial score (nSPS) is 15.5. The molecule has 0 saturated carbocycles. The average Bonchev–Trinajstić information content (AvgIpc) is 3.09. The molecule has 1 atom stereocenters. The van der Waals surface area contributed by atoms with E-state index < -0.39 is 0 Å². The van der Waals surface area contributed by atoms with E-state index >= 15 is 0 Å². The first-order valence-corrected chi connectivity index (χ1v) is 9.90. The number of fused-ring (bicyclic) bond motifs is 1. The lowest BCUT2D eigenvalue weighted by atomic mass is 10.2. The van der Waals surface area contributed by atoms with Gasteiger partial charge in [0.25, 0.3) is 0 Å². The van der Waals surface area contributed by atoms with Crippen LogP contribution in [0.15, 0.2) is 66.3 Å². The highest BCUT2D eigenvalue weighted by molar-refractivity contribution is 7.98. The zero-order chi connectivity index (χ0) is 18.6. The lowest BCUT2D eigenvalue weighted by molar-refractivity contribution is 0.0821. The van der Waals surface area contributed by atoms with Crippen molar-refractivity contribution < 1.29 is 9.47 Å². The summed E-state index contributed by atoms with van der Waals surface area (Å²) in [5.41, 5.74) is 1.13. The molecule has 7 heteroatoms. The zero-order valence-electron chi connectivity index (χ0n) is 14.5. The van der Waals surface area contributed by atoms with Gasteiger partial charge in [0.2, 0.25) is 0 Å². The fourth-order valence-corrected chi connectivity index (χ4v) is 3.98. The molecule has 3 aromatic rings. The first kappa shape index (κ1) is 17.9. The van der Waals surface area contributed by atoms with Crippen molar-refractivity contribution in [2.24, 2.45) is 0 Å². The van der Waals surface area contributed by atoms with Crippen LogP contribution in [0, 0.1) is 0 Å². The van der Waals surface area contributed by atoms with E-state index in [9.17, 15) is 0 Å².